The Morgan fingerprint density at radius 3 is 2.75 bits per heavy atom. The van der Waals surface area contributed by atoms with Gasteiger partial charge in [-0.05, 0) is 0 Å². The molecule has 5 N–H and O–H groups in total. The molecule has 2 atom stereocenters. The Labute approximate surface area is 90.4 Å². The van der Waals surface area contributed by atoms with Crippen LogP contribution in [0.1, 0.15) is 15.9 Å². The number of Topliss-reactive ketones (excluding diaryl/α,β-unsaturated/α-hetero) is 1. The number of carbonyl (C=O) groups is 1. The van der Waals surface area contributed by atoms with Crippen LogP contribution in [-0.2, 0) is 5.72 Å². The maximum Gasteiger partial charge on any atom is 0.258 e. The van der Waals surface area contributed by atoms with Crippen molar-refractivity contribution in [2.24, 2.45) is 10.7 Å². The summed E-state index contributed by atoms with van der Waals surface area (Å²) in [4.78, 5) is 15.7. The van der Waals surface area contributed by atoms with Gasteiger partial charge in [0.2, 0.25) is 11.5 Å². The molecule has 0 radical (unpaired) electrons. The summed E-state index contributed by atoms with van der Waals surface area (Å²) in [5.74, 6) is -0.789. The van der Waals surface area contributed by atoms with Crippen LogP contribution in [0.4, 0.5) is 0 Å². The maximum atomic E-state index is 11.9. The van der Waals surface area contributed by atoms with Gasteiger partial charge in [0.25, 0.3) is 5.72 Å². The van der Waals surface area contributed by atoms with Gasteiger partial charge >= 0.3 is 0 Å². The van der Waals surface area contributed by atoms with Gasteiger partial charge in [0.15, 0.2) is 5.96 Å². The van der Waals surface area contributed by atoms with Crippen LogP contribution in [0, 0.1) is 0 Å². The number of aliphatic hydroxyl groups is 2. The molecule has 2 aliphatic rings. The summed E-state index contributed by atoms with van der Waals surface area (Å²) in [5, 5.41) is 22.7. The highest BCUT2D eigenvalue weighted by Gasteiger charge is 2.66. The fourth-order valence-electron chi connectivity index (χ4n) is 2.21. The Balaban J connectivity index is 2.34. The highest BCUT2D eigenvalue weighted by atomic mass is 16.4. The summed E-state index contributed by atoms with van der Waals surface area (Å²) in [5.41, 5.74) is 1.68. The Kier molecular flexibility index (Phi) is 1.41. The molecule has 0 saturated heterocycles. The molecule has 0 unspecified atom stereocenters. The van der Waals surface area contributed by atoms with Crippen LogP contribution >= 0.6 is 0 Å². The Morgan fingerprint density at radius 2 is 2.00 bits per heavy atom. The van der Waals surface area contributed by atoms with Gasteiger partial charge in [0.05, 0.1) is 0 Å². The molecule has 0 spiro atoms. The summed E-state index contributed by atoms with van der Waals surface area (Å²) in [6.07, 6.45) is 0. The van der Waals surface area contributed by atoms with Crippen molar-refractivity contribution in [3.8, 4) is 0 Å². The Morgan fingerprint density at radius 1 is 1.31 bits per heavy atom. The predicted octanol–water partition coefficient (Wildman–Crippen LogP) is -1.37. The highest BCUT2D eigenvalue weighted by Crippen LogP contribution is 2.45. The Hall–Kier alpha value is -1.92. The van der Waals surface area contributed by atoms with E-state index in [2.05, 4.69) is 10.3 Å². The van der Waals surface area contributed by atoms with Crippen LogP contribution in [0.25, 0.3) is 0 Å². The highest BCUT2D eigenvalue weighted by molar-refractivity contribution is 6.11. The average molecular weight is 219 g/mol. The van der Waals surface area contributed by atoms with Gasteiger partial charge in [0.1, 0.15) is 0 Å². The number of guanidine groups is 1. The summed E-state index contributed by atoms with van der Waals surface area (Å²) in [6.45, 7) is 0. The molecule has 0 amide bonds. The van der Waals surface area contributed by atoms with E-state index in [9.17, 15) is 15.0 Å². The smallest absolute Gasteiger partial charge is 0.258 e. The minimum Gasteiger partial charge on any atom is -0.370 e. The normalized spacial score (nSPS) is 35.4. The quantitative estimate of drug-likeness (QED) is 0.431. The SMILES string of the molecule is NC1=N[C@@]2(O)c3ccccc3C(=O)[C@]2(O)N1. The molecule has 6 heteroatoms. The number of benzene rings is 1. The minimum atomic E-state index is -2.18. The van der Waals surface area contributed by atoms with E-state index < -0.39 is 17.2 Å². The zero-order valence-corrected chi connectivity index (χ0v) is 8.14. The third kappa shape index (κ3) is 0.763. The number of hydrogen-bond donors (Lipinski definition) is 4. The molecule has 0 saturated carbocycles. The fourth-order valence-corrected chi connectivity index (χ4v) is 2.21. The van der Waals surface area contributed by atoms with E-state index in [-0.39, 0.29) is 17.1 Å². The van der Waals surface area contributed by atoms with E-state index in [1.807, 2.05) is 0 Å². The van der Waals surface area contributed by atoms with Crippen molar-refractivity contribution in [1.82, 2.24) is 5.32 Å². The van der Waals surface area contributed by atoms with Gasteiger partial charge in [0, 0.05) is 11.1 Å². The summed E-state index contributed by atoms with van der Waals surface area (Å²) in [6, 6.07) is 6.37. The molecule has 1 aromatic carbocycles. The number of nitrogens with two attached hydrogens (primary N) is 1. The second-order valence-corrected chi connectivity index (χ2v) is 3.88. The zero-order chi connectivity index (χ0) is 11.6. The lowest BCUT2D eigenvalue weighted by molar-refractivity contribution is -0.114. The molecular formula is C10H9N3O3. The number of ketones is 1. The molecule has 1 heterocycles. The van der Waals surface area contributed by atoms with Gasteiger partial charge < -0.3 is 21.3 Å². The van der Waals surface area contributed by atoms with Crippen LogP contribution in [0.3, 0.4) is 0 Å². The molecule has 0 bridgehead atoms. The number of fused-ring (bicyclic) bond motifs is 3. The van der Waals surface area contributed by atoms with Crippen molar-refractivity contribution >= 4 is 11.7 Å². The first-order chi connectivity index (χ1) is 7.49. The number of nitrogens with one attached hydrogen (secondary N) is 1. The van der Waals surface area contributed by atoms with Gasteiger partial charge in [-0.3, -0.25) is 4.79 Å². The van der Waals surface area contributed by atoms with E-state index in [1.165, 1.54) is 12.1 Å². The first-order valence-corrected chi connectivity index (χ1v) is 4.71. The molecule has 1 aliphatic heterocycles. The Bertz CT molecular complexity index is 542. The summed E-state index contributed by atoms with van der Waals surface area (Å²) >= 11 is 0. The van der Waals surface area contributed by atoms with Crippen LogP contribution in [-0.4, -0.2) is 27.7 Å². The number of rotatable bonds is 0. The molecule has 1 aliphatic carbocycles. The number of nitrogens with zero attached hydrogens (tertiary/aromatic N) is 1. The second kappa shape index (κ2) is 2.42. The lowest BCUT2D eigenvalue weighted by Gasteiger charge is -2.27. The molecule has 3 rings (SSSR count). The van der Waals surface area contributed by atoms with E-state index in [0.29, 0.717) is 0 Å². The topological polar surface area (TPSA) is 108 Å². The summed E-state index contributed by atoms with van der Waals surface area (Å²) in [7, 11) is 0. The van der Waals surface area contributed by atoms with Crippen LogP contribution in [0.5, 0.6) is 0 Å². The zero-order valence-electron chi connectivity index (χ0n) is 8.14. The monoisotopic (exact) mass is 219 g/mol. The largest absolute Gasteiger partial charge is 0.370 e. The average Bonchev–Trinajstić information content (AvgIpc) is 2.57. The van der Waals surface area contributed by atoms with Gasteiger partial charge in [-0.15, -0.1) is 0 Å². The van der Waals surface area contributed by atoms with Crippen molar-refractivity contribution in [1.29, 1.82) is 0 Å². The molecule has 1 aromatic rings. The van der Waals surface area contributed by atoms with Crippen LogP contribution in [0.2, 0.25) is 0 Å². The predicted molar refractivity (Wildman–Crippen MR) is 54.4 cm³/mol. The maximum absolute atomic E-state index is 11.9. The van der Waals surface area contributed by atoms with Crippen LogP contribution in [0.15, 0.2) is 29.3 Å². The van der Waals surface area contributed by atoms with Crippen molar-refractivity contribution in [2.75, 3.05) is 0 Å². The van der Waals surface area contributed by atoms with Crippen molar-refractivity contribution in [2.45, 2.75) is 11.4 Å². The molecule has 0 fully saturated rings. The van der Waals surface area contributed by atoms with Crippen molar-refractivity contribution in [3.63, 3.8) is 0 Å². The first-order valence-electron chi connectivity index (χ1n) is 4.71. The second-order valence-electron chi connectivity index (χ2n) is 3.88. The minimum absolute atomic E-state index is 0.159. The molecular weight excluding hydrogens is 210 g/mol. The van der Waals surface area contributed by atoms with Gasteiger partial charge in [-0.25, -0.2) is 4.99 Å². The standard InChI is InChI=1S/C10H9N3O3/c11-8-12-9(15)6-4-2-1-3-5(6)7(14)10(9,16)13-8/h1-4,15-16H,(H3,11,12,13)/t9-,10-/m1/s1. The van der Waals surface area contributed by atoms with E-state index >= 15 is 0 Å². The molecule has 0 aromatic heterocycles. The number of carbonyl (C=O) groups excluding carboxylic acids is 1. The van der Waals surface area contributed by atoms with Crippen LogP contribution < -0.4 is 11.1 Å². The van der Waals surface area contributed by atoms with Gasteiger partial charge in [-0.1, -0.05) is 24.3 Å². The summed E-state index contributed by atoms with van der Waals surface area (Å²) < 4.78 is 0. The van der Waals surface area contributed by atoms with Gasteiger partial charge in [-0.2, -0.15) is 0 Å². The number of hydrogen-bond acceptors (Lipinski definition) is 6. The first kappa shape index (κ1) is 9.32. The molecule has 16 heavy (non-hydrogen) atoms. The third-order valence-corrected chi connectivity index (χ3v) is 2.97. The lowest BCUT2D eigenvalue weighted by atomic mass is 10.0. The lowest BCUT2D eigenvalue weighted by Crippen LogP contribution is -2.58. The van der Waals surface area contributed by atoms with Crippen molar-refractivity contribution < 1.29 is 15.0 Å². The van der Waals surface area contributed by atoms with E-state index in [1.54, 1.807) is 12.1 Å². The third-order valence-electron chi connectivity index (χ3n) is 2.97. The number of aliphatic imine (C=N–C) groups is 1. The molecule has 6 nitrogen and oxygen atoms in total. The van der Waals surface area contributed by atoms with E-state index in [0.717, 1.165) is 0 Å². The van der Waals surface area contributed by atoms with E-state index in [4.69, 9.17) is 5.73 Å². The molecule has 82 valence electrons. The fraction of sp³-hybridized carbons (Fsp3) is 0.200. The van der Waals surface area contributed by atoms with Crippen molar-refractivity contribution in [3.05, 3.63) is 35.4 Å².